The van der Waals surface area contributed by atoms with Crippen molar-refractivity contribution in [3.05, 3.63) is 87.5 Å². The van der Waals surface area contributed by atoms with Crippen molar-refractivity contribution >= 4 is 50.9 Å². The van der Waals surface area contributed by atoms with Crippen molar-refractivity contribution in [2.75, 3.05) is 29.5 Å². The normalized spacial score (nSPS) is 12.7. The molecule has 0 saturated carbocycles. The zero-order chi connectivity index (χ0) is 26.0. The fraction of sp³-hybridized carbons (Fsp3) is 0.323. The number of ketones is 1. The molecule has 206 valence electrons. The minimum atomic E-state index is -0.290. The summed E-state index contributed by atoms with van der Waals surface area (Å²) in [6.07, 6.45) is 0. The molecule has 0 amide bonds. The second-order valence-corrected chi connectivity index (χ2v) is 11.6. The molecule has 0 N–H and O–H groups in total. The van der Waals surface area contributed by atoms with Crippen molar-refractivity contribution in [3.63, 3.8) is 0 Å². The van der Waals surface area contributed by atoms with Gasteiger partial charge in [0.15, 0.2) is 0 Å². The number of ether oxygens (including phenoxy) is 1. The van der Waals surface area contributed by atoms with E-state index in [-0.39, 0.29) is 53.4 Å². The molecule has 0 bridgehead atoms. The summed E-state index contributed by atoms with van der Waals surface area (Å²) < 4.78 is 9.51. The Morgan fingerprint density at radius 1 is 0.816 bits per heavy atom. The first-order valence-electron chi connectivity index (χ1n) is 12.4. The van der Waals surface area contributed by atoms with Gasteiger partial charge in [-0.1, -0.05) is 0 Å². The van der Waals surface area contributed by atoms with Gasteiger partial charge in [-0.2, -0.15) is 0 Å². The van der Waals surface area contributed by atoms with Gasteiger partial charge in [0.05, 0.1) is 0 Å². The number of hydrogen-bond donors (Lipinski definition) is 0. The maximum absolute atomic E-state index is 11.5. The second kappa shape index (κ2) is 13.6. The van der Waals surface area contributed by atoms with E-state index in [4.69, 9.17) is 4.74 Å². The Hall–Kier alpha value is -2.33. The molecule has 0 radical (unpaired) electrons. The molecule has 1 saturated heterocycles. The molecular weight excluding hydrogens is 604 g/mol. The number of Topliss-reactive ketones (excluding diaryl/α,β-unsaturated/α-hetero) is 1. The first-order valence-corrected chi connectivity index (χ1v) is 14.3. The van der Waals surface area contributed by atoms with Gasteiger partial charge < -0.3 is 0 Å². The van der Waals surface area contributed by atoms with Gasteiger partial charge in [0.1, 0.15) is 0 Å². The van der Waals surface area contributed by atoms with Crippen LogP contribution < -0.4 is 14.5 Å². The third kappa shape index (κ3) is 7.00. The second-order valence-electron chi connectivity index (χ2n) is 9.79. The molecule has 4 rings (SSSR count). The number of anilines is 2. The van der Waals surface area contributed by atoms with Crippen molar-refractivity contribution in [2.24, 2.45) is 0 Å². The van der Waals surface area contributed by atoms with Gasteiger partial charge in [0, 0.05) is 0 Å². The van der Waals surface area contributed by atoms with Crippen molar-refractivity contribution < 1.29 is 25.8 Å². The fourth-order valence-corrected chi connectivity index (χ4v) is 7.44. The summed E-state index contributed by atoms with van der Waals surface area (Å²) in [5.41, 5.74) is 11.6. The van der Waals surface area contributed by atoms with Gasteiger partial charge in [-0.05, 0) is 0 Å². The summed E-state index contributed by atoms with van der Waals surface area (Å²) in [5.74, 6) is 0.792. The molecule has 0 spiro atoms. The summed E-state index contributed by atoms with van der Waals surface area (Å²) in [6.45, 7) is 16.8. The molecule has 38 heavy (non-hydrogen) atoms. The number of benzene rings is 3. The van der Waals surface area contributed by atoms with E-state index in [1.54, 1.807) is 6.92 Å². The number of hydrogen-bond acceptors (Lipinski definition) is 4. The molecule has 0 aliphatic carbocycles. The molecule has 1 heterocycles. The average Bonchev–Trinajstić information content (AvgIpc) is 3.18. The number of para-hydroxylation sites is 1. The Bertz CT molecular complexity index is 1280. The van der Waals surface area contributed by atoms with Crippen LogP contribution in [0.1, 0.15) is 45.9 Å². The third-order valence-electron chi connectivity index (χ3n) is 6.39. The molecule has 3 aromatic carbocycles. The van der Waals surface area contributed by atoms with Gasteiger partial charge in [-0.15, -0.1) is 24.8 Å². The number of carbonyl (C=O) groups is 1. The van der Waals surface area contributed by atoms with Crippen LogP contribution in [-0.4, -0.2) is 34.4 Å². The number of nitrogens with zero attached hydrogens (tertiary/aromatic N) is 2. The monoisotopic (exact) mass is 642 g/mol. The number of aryl methyl sites for hydroxylation is 6. The van der Waals surface area contributed by atoms with Crippen LogP contribution in [0.15, 0.2) is 48.5 Å². The predicted molar refractivity (Wildman–Crippen MR) is 163 cm³/mol. The first kappa shape index (κ1) is 31.9. The van der Waals surface area contributed by atoms with Gasteiger partial charge in [-0.25, -0.2) is 0 Å². The van der Waals surface area contributed by atoms with Gasteiger partial charge >= 0.3 is 223 Å². The average molecular weight is 643 g/mol. The summed E-state index contributed by atoms with van der Waals surface area (Å²) in [5, 5.41) is 0. The molecule has 1 aliphatic rings. The predicted octanol–water partition coefficient (Wildman–Crippen LogP) is 6.70. The molecule has 0 unspecified atom stereocenters. The summed E-state index contributed by atoms with van der Waals surface area (Å²) in [4.78, 5) is 16.6. The smallest absolute Gasteiger partial charge is 0.147 e. The summed E-state index contributed by atoms with van der Waals surface area (Å²) >= 11 is -0.290. The van der Waals surface area contributed by atoms with E-state index in [2.05, 4.69) is 86.3 Å². The van der Waals surface area contributed by atoms with Crippen LogP contribution in [0.2, 0.25) is 0 Å². The largest absolute Gasteiger partial charge is 0.147 e. The zero-order valence-electron chi connectivity index (χ0n) is 23.2. The van der Waals surface area contributed by atoms with Crippen LogP contribution in [0.4, 0.5) is 11.4 Å². The van der Waals surface area contributed by atoms with Crippen molar-refractivity contribution in [2.45, 2.75) is 48.5 Å². The SMILES string of the molecule is CC(=O)COc1ccccc1[CH]=[Ru]=[C]1N(c2c(C)cc(C)cc2C)CCN1c1c(C)cc(C)cc1C.Cl.Cl. The Labute approximate surface area is 246 Å². The van der Waals surface area contributed by atoms with E-state index in [1.807, 2.05) is 18.2 Å². The van der Waals surface area contributed by atoms with E-state index in [0.717, 1.165) is 24.4 Å². The number of halogens is 2. The standard InChI is InChI=1S/C21H26N2.C10H10O2.2ClH.Ru/c1-14-9-16(3)20(17(4)10-14)22-7-8-23(13-22)21-18(5)11-15(2)12-19(21)6;1-8-5-3-4-6-10(8)12-7-9(2)11;;;/h9-12H,7-8H2,1-6H3;1,3-6H,7H2,2H3;2*1H;. The van der Waals surface area contributed by atoms with E-state index < -0.39 is 0 Å². The molecule has 1 fully saturated rings. The molecule has 3 aromatic rings. The van der Waals surface area contributed by atoms with Crippen LogP contribution in [0.5, 0.6) is 5.75 Å². The van der Waals surface area contributed by atoms with E-state index in [9.17, 15) is 4.79 Å². The number of carbonyl (C=O) groups excluding carboxylic acids is 1. The van der Waals surface area contributed by atoms with Crippen molar-refractivity contribution in [3.8, 4) is 5.75 Å². The molecule has 4 nitrogen and oxygen atoms in total. The Morgan fingerprint density at radius 3 is 1.71 bits per heavy atom. The molecule has 0 atom stereocenters. The minimum Gasteiger partial charge on any atom is -0.147 e. The van der Waals surface area contributed by atoms with Gasteiger partial charge in [-0.3, -0.25) is 0 Å². The fourth-order valence-electron chi connectivity index (χ4n) is 5.21. The van der Waals surface area contributed by atoms with Crippen molar-refractivity contribution in [1.82, 2.24) is 0 Å². The maximum Gasteiger partial charge on any atom is -0.147 e. The van der Waals surface area contributed by atoms with E-state index in [1.165, 1.54) is 49.1 Å². The quantitative estimate of drug-likeness (QED) is 0.281. The van der Waals surface area contributed by atoms with Crippen LogP contribution in [0.25, 0.3) is 0 Å². The maximum atomic E-state index is 11.5. The van der Waals surface area contributed by atoms with Crippen LogP contribution in [0.3, 0.4) is 0 Å². The van der Waals surface area contributed by atoms with Gasteiger partial charge in [0.2, 0.25) is 0 Å². The van der Waals surface area contributed by atoms with E-state index >= 15 is 0 Å². The van der Waals surface area contributed by atoms with Crippen LogP contribution in [-0.2, 0) is 21.0 Å². The summed E-state index contributed by atoms with van der Waals surface area (Å²) in [7, 11) is 0. The van der Waals surface area contributed by atoms with Crippen LogP contribution in [0, 0.1) is 41.5 Å². The molecule has 0 aromatic heterocycles. The zero-order valence-corrected chi connectivity index (χ0v) is 26.6. The first-order chi connectivity index (χ1) is 17.2. The van der Waals surface area contributed by atoms with Gasteiger partial charge in [0.25, 0.3) is 0 Å². The Balaban J connectivity index is 0.00000253. The Morgan fingerprint density at radius 2 is 1.26 bits per heavy atom. The van der Waals surface area contributed by atoms with Crippen LogP contribution >= 0.6 is 24.8 Å². The number of rotatable bonds is 6. The summed E-state index contributed by atoms with van der Waals surface area (Å²) in [6, 6.07) is 17.2. The molecule has 7 heteroatoms. The third-order valence-corrected chi connectivity index (χ3v) is 8.57. The Kier molecular flexibility index (Phi) is 11.5. The molecule has 1 aliphatic heterocycles. The topological polar surface area (TPSA) is 32.8 Å². The van der Waals surface area contributed by atoms with E-state index in [0.29, 0.717) is 0 Å². The van der Waals surface area contributed by atoms with Crippen molar-refractivity contribution in [1.29, 1.82) is 0 Å². The molecular formula is C31H38Cl2N2O2Ru. The minimum absolute atomic E-state index is 0.